The molecule has 0 saturated heterocycles. The highest BCUT2D eigenvalue weighted by molar-refractivity contribution is 5.85. The lowest BCUT2D eigenvalue weighted by Crippen LogP contribution is -2.52. The van der Waals surface area contributed by atoms with Crippen LogP contribution in [0.2, 0.25) is 0 Å². The second kappa shape index (κ2) is 5.27. The number of nitrogen functional groups attached to an aromatic ring is 1. The Hall–Kier alpha value is -1.46. The largest absolute Gasteiger partial charge is 0.410 e. The minimum absolute atomic E-state index is 0. The minimum atomic E-state index is -4.44. The van der Waals surface area contributed by atoms with Crippen LogP contribution in [0.5, 0.6) is 0 Å². The highest BCUT2D eigenvalue weighted by Gasteiger charge is 2.50. The van der Waals surface area contributed by atoms with E-state index in [2.05, 4.69) is 0 Å². The third kappa shape index (κ3) is 3.11. The first-order valence-electron chi connectivity index (χ1n) is 5.43. The van der Waals surface area contributed by atoms with Crippen LogP contribution in [0.4, 0.5) is 18.9 Å². The Labute approximate surface area is 115 Å². The van der Waals surface area contributed by atoms with Crippen molar-refractivity contribution in [3.05, 3.63) is 48.1 Å². The SMILES string of the molecule is Cl.Nc1ccc(C2=CCC(N)(C(F)(F)F)C=C2)cc1. The molecule has 2 rings (SSSR count). The summed E-state index contributed by atoms with van der Waals surface area (Å²) in [7, 11) is 0. The topological polar surface area (TPSA) is 52.0 Å². The van der Waals surface area contributed by atoms with Gasteiger partial charge in [0.25, 0.3) is 0 Å². The van der Waals surface area contributed by atoms with Crippen molar-refractivity contribution in [2.24, 2.45) is 5.73 Å². The van der Waals surface area contributed by atoms with Crippen molar-refractivity contribution in [3.63, 3.8) is 0 Å². The van der Waals surface area contributed by atoms with E-state index in [0.717, 1.165) is 17.2 Å². The second-order valence-electron chi connectivity index (χ2n) is 4.36. The zero-order chi connectivity index (χ0) is 13.4. The molecule has 1 aliphatic carbocycles. The minimum Gasteiger partial charge on any atom is -0.399 e. The van der Waals surface area contributed by atoms with Crippen molar-refractivity contribution in [1.82, 2.24) is 0 Å². The van der Waals surface area contributed by atoms with E-state index in [0.29, 0.717) is 5.69 Å². The van der Waals surface area contributed by atoms with Gasteiger partial charge in [-0.25, -0.2) is 0 Å². The average Bonchev–Trinajstić information content (AvgIpc) is 2.30. The molecular formula is C13H14ClF3N2. The molecule has 1 aromatic carbocycles. The molecule has 1 unspecified atom stereocenters. The van der Waals surface area contributed by atoms with Gasteiger partial charge in [-0.3, -0.25) is 0 Å². The molecule has 104 valence electrons. The maximum Gasteiger partial charge on any atom is 0.410 e. The van der Waals surface area contributed by atoms with E-state index in [9.17, 15) is 13.2 Å². The van der Waals surface area contributed by atoms with Gasteiger partial charge in [0, 0.05) is 5.69 Å². The first-order chi connectivity index (χ1) is 8.32. The molecule has 0 aliphatic heterocycles. The highest BCUT2D eigenvalue weighted by Crippen LogP contribution is 2.36. The lowest BCUT2D eigenvalue weighted by molar-refractivity contribution is -0.170. The summed E-state index contributed by atoms with van der Waals surface area (Å²) in [6, 6.07) is 6.95. The van der Waals surface area contributed by atoms with Crippen molar-refractivity contribution in [2.45, 2.75) is 18.1 Å². The molecule has 0 aromatic heterocycles. The predicted molar refractivity (Wildman–Crippen MR) is 72.8 cm³/mol. The van der Waals surface area contributed by atoms with E-state index in [1.807, 2.05) is 0 Å². The van der Waals surface area contributed by atoms with Crippen LogP contribution in [-0.4, -0.2) is 11.7 Å². The third-order valence-electron chi connectivity index (χ3n) is 2.99. The molecule has 19 heavy (non-hydrogen) atoms. The molecule has 0 amide bonds. The van der Waals surface area contributed by atoms with Gasteiger partial charge >= 0.3 is 6.18 Å². The number of benzene rings is 1. The van der Waals surface area contributed by atoms with Gasteiger partial charge in [-0.1, -0.05) is 30.4 Å². The Bertz CT molecular complexity index is 506. The van der Waals surface area contributed by atoms with Gasteiger partial charge in [-0.05, 0) is 29.7 Å². The predicted octanol–water partition coefficient (Wildman–Crippen LogP) is 3.29. The summed E-state index contributed by atoms with van der Waals surface area (Å²) in [5.41, 5.74) is 10.8. The van der Waals surface area contributed by atoms with Crippen LogP contribution in [0.1, 0.15) is 12.0 Å². The fourth-order valence-electron chi connectivity index (χ4n) is 1.75. The monoisotopic (exact) mass is 290 g/mol. The lowest BCUT2D eigenvalue weighted by atomic mass is 9.87. The van der Waals surface area contributed by atoms with Gasteiger partial charge in [0.2, 0.25) is 0 Å². The first kappa shape index (κ1) is 15.6. The van der Waals surface area contributed by atoms with Crippen LogP contribution in [0, 0.1) is 0 Å². The zero-order valence-electron chi connectivity index (χ0n) is 9.95. The third-order valence-corrected chi connectivity index (χ3v) is 2.99. The number of halogens is 4. The zero-order valence-corrected chi connectivity index (χ0v) is 10.8. The number of alkyl halides is 3. The van der Waals surface area contributed by atoms with Crippen molar-refractivity contribution < 1.29 is 13.2 Å². The van der Waals surface area contributed by atoms with Gasteiger partial charge < -0.3 is 11.5 Å². The Morgan fingerprint density at radius 3 is 2.11 bits per heavy atom. The molecule has 0 saturated carbocycles. The normalized spacial score (nSPS) is 22.6. The number of rotatable bonds is 1. The number of allylic oxidation sites excluding steroid dienone is 2. The summed E-state index contributed by atoms with van der Waals surface area (Å²) in [5, 5.41) is 0. The average molecular weight is 291 g/mol. The summed E-state index contributed by atoms with van der Waals surface area (Å²) in [6.07, 6.45) is -0.778. The van der Waals surface area contributed by atoms with Crippen molar-refractivity contribution in [1.29, 1.82) is 0 Å². The van der Waals surface area contributed by atoms with Gasteiger partial charge in [-0.2, -0.15) is 13.2 Å². The van der Waals surface area contributed by atoms with E-state index in [1.165, 1.54) is 12.2 Å². The molecule has 4 N–H and O–H groups in total. The Balaban J connectivity index is 0.00000180. The van der Waals surface area contributed by atoms with E-state index in [1.54, 1.807) is 24.3 Å². The van der Waals surface area contributed by atoms with E-state index in [-0.39, 0.29) is 18.8 Å². The fourth-order valence-corrected chi connectivity index (χ4v) is 1.75. The molecule has 0 heterocycles. The second-order valence-corrected chi connectivity index (χ2v) is 4.36. The van der Waals surface area contributed by atoms with Gasteiger partial charge in [-0.15, -0.1) is 12.4 Å². The molecule has 1 atom stereocenters. The van der Waals surface area contributed by atoms with E-state index in [4.69, 9.17) is 11.5 Å². The Morgan fingerprint density at radius 2 is 1.68 bits per heavy atom. The number of hydrogen-bond acceptors (Lipinski definition) is 2. The van der Waals surface area contributed by atoms with Crippen LogP contribution in [0.3, 0.4) is 0 Å². The summed E-state index contributed by atoms with van der Waals surface area (Å²) in [5.74, 6) is 0. The van der Waals surface area contributed by atoms with E-state index >= 15 is 0 Å². The smallest absolute Gasteiger partial charge is 0.399 e. The van der Waals surface area contributed by atoms with Crippen LogP contribution in [-0.2, 0) is 0 Å². The quantitative estimate of drug-likeness (QED) is 0.780. The molecule has 1 aromatic rings. The molecule has 0 radical (unpaired) electrons. The summed E-state index contributed by atoms with van der Waals surface area (Å²) < 4.78 is 38.1. The van der Waals surface area contributed by atoms with Gasteiger partial charge in [0.05, 0.1) is 0 Å². The van der Waals surface area contributed by atoms with Crippen LogP contribution >= 0.6 is 12.4 Å². The van der Waals surface area contributed by atoms with Crippen LogP contribution in [0.25, 0.3) is 5.57 Å². The lowest BCUT2D eigenvalue weighted by Gasteiger charge is -2.30. The molecule has 2 nitrogen and oxygen atoms in total. The van der Waals surface area contributed by atoms with Gasteiger partial charge in [0.1, 0.15) is 5.54 Å². The molecule has 1 aliphatic rings. The molecule has 0 fully saturated rings. The van der Waals surface area contributed by atoms with Crippen LogP contribution in [0.15, 0.2) is 42.5 Å². The van der Waals surface area contributed by atoms with Crippen molar-refractivity contribution in [3.8, 4) is 0 Å². The number of nitrogens with two attached hydrogens (primary N) is 2. The molecule has 0 bridgehead atoms. The summed E-state index contributed by atoms with van der Waals surface area (Å²) in [4.78, 5) is 0. The van der Waals surface area contributed by atoms with Crippen molar-refractivity contribution in [2.75, 3.05) is 5.73 Å². The van der Waals surface area contributed by atoms with E-state index < -0.39 is 11.7 Å². The highest BCUT2D eigenvalue weighted by atomic mass is 35.5. The molecular weight excluding hydrogens is 277 g/mol. The fraction of sp³-hybridized carbons (Fsp3) is 0.231. The summed E-state index contributed by atoms with van der Waals surface area (Å²) >= 11 is 0. The maximum atomic E-state index is 12.7. The Kier molecular flexibility index (Phi) is 4.32. The Morgan fingerprint density at radius 1 is 1.11 bits per heavy atom. The molecule has 0 spiro atoms. The van der Waals surface area contributed by atoms with Crippen LogP contribution < -0.4 is 11.5 Å². The first-order valence-corrected chi connectivity index (χ1v) is 5.43. The maximum absolute atomic E-state index is 12.7. The summed E-state index contributed by atoms with van der Waals surface area (Å²) in [6.45, 7) is 0. The van der Waals surface area contributed by atoms with Gasteiger partial charge in [0.15, 0.2) is 0 Å². The number of hydrogen-bond donors (Lipinski definition) is 2. The molecule has 6 heteroatoms. The van der Waals surface area contributed by atoms with Crippen molar-refractivity contribution >= 4 is 23.7 Å². The standard InChI is InChI=1S/C13H13F3N2.ClH/c14-13(15,16)12(18)7-5-10(6-8-12)9-1-3-11(17)4-2-9;/h1-7H,8,17-18H2;1H. The number of anilines is 1.